The van der Waals surface area contributed by atoms with Crippen LogP contribution in [0.3, 0.4) is 0 Å². The molecule has 0 unspecified atom stereocenters. The minimum atomic E-state index is -1.83. The Morgan fingerprint density at radius 2 is 1.78 bits per heavy atom. The quantitative estimate of drug-likeness (QED) is 0.785. The lowest BCUT2D eigenvalue weighted by Gasteiger charge is -2.20. The zero-order chi connectivity index (χ0) is 14.1. The molecule has 0 spiro atoms. The molecule has 0 radical (unpaired) electrons. The highest BCUT2D eigenvalue weighted by Crippen LogP contribution is 2.19. The molecule has 0 atom stereocenters. The van der Waals surface area contributed by atoms with E-state index in [1.165, 1.54) is 6.07 Å². The molecule has 0 aliphatic rings. The minimum Gasteiger partial charge on any atom is -0.347 e. The minimum absolute atomic E-state index is 0.665. The molecule has 0 saturated heterocycles. The Morgan fingerprint density at radius 1 is 1.22 bits per heavy atom. The van der Waals surface area contributed by atoms with Crippen LogP contribution in [0.4, 0.5) is 13.2 Å². The second-order valence-corrected chi connectivity index (χ2v) is 4.73. The Kier molecular flexibility index (Phi) is 3.65. The average Bonchev–Trinajstić information content (AvgIpc) is 2.24. The zero-order valence-corrected chi connectivity index (χ0v) is 10.1. The van der Waals surface area contributed by atoms with Gasteiger partial charge in [0.2, 0.25) is 0 Å². The van der Waals surface area contributed by atoms with Crippen molar-refractivity contribution in [3.63, 3.8) is 0 Å². The molecular formula is C12H11F3N2O. The number of carbonyl (C=O) groups is 1. The van der Waals surface area contributed by atoms with E-state index in [4.69, 9.17) is 5.26 Å². The molecule has 18 heavy (non-hydrogen) atoms. The van der Waals surface area contributed by atoms with Crippen molar-refractivity contribution in [3.8, 4) is 6.07 Å². The fraction of sp³-hybridized carbons (Fsp3) is 0.333. The molecule has 1 aromatic rings. The van der Waals surface area contributed by atoms with Crippen LogP contribution in [0.15, 0.2) is 6.07 Å². The topological polar surface area (TPSA) is 52.9 Å². The van der Waals surface area contributed by atoms with Gasteiger partial charge in [0.05, 0.1) is 11.1 Å². The summed E-state index contributed by atoms with van der Waals surface area (Å²) in [4.78, 5) is 11.7. The Bertz CT molecular complexity index is 542. The van der Waals surface area contributed by atoms with Crippen LogP contribution < -0.4 is 5.32 Å². The molecule has 0 fully saturated rings. The number of nitrogens with zero attached hydrogens (tertiary/aromatic N) is 1. The highest BCUT2D eigenvalue weighted by Gasteiger charge is 2.24. The van der Waals surface area contributed by atoms with Crippen molar-refractivity contribution >= 4 is 5.91 Å². The lowest BCUT2D eigenvalue weighted by atomic mass is 10.1. The number of benzene rings is 1. The third-order valence-electron chi connectivity index (χ3n) is 2.00. The third-order valence-corrected chi connectivity index (χ3v) is 2.00. The molecule has 0 saturated carbocycles. The van der Waals surface area contributed by atoms with Gasteiger partial charge >= 0.3 is 0 Å². The van der Waals surface area contributed by atoms with Gasteiger partial charge in [-0.2, -0.15) is 5.26 Å². The van der Waals surface area contributed by atoms with E-state index in [1.54, 1.807) is 20.8 Å². The first kappa shape index (κ1) is 14.0. The van der Waals surface area contributed by atoms with Gasteiger partial charge in [-0.3, -0.25) is 4.79 Å². The second-order valence-electron chi connectivity index (χ2n) is 4.73. The smallest absolute Gasteiger partial charge is 0.254 e. The molecule has 0 bridgehead atoms. The van der Waals surface area contributed by atoms with Crippen molar-refractivity contribution in [1.29, 1.82) is 5.26 Å². The fourth-order valence-corrected chi connectivity index (χ4v) is 1.26. The predicted molar refractivity (Wildman–Crippen MR) is 58.3 cm³/mol. The first-order valence-electron chi connectivity index (χ1n) is 5.07. The Labute approximate surface area is 102 Å². The normalized spacial score (nSPS) is 10.9. The van der Waals surface area contributed by atoms with Crippen LogP contribution in [0.25, 0.3) is 0 Å². The Morgan fingerprint density at radius 3 is 2.22 bits per heavy atom. The summed E-state index contributed by atoms with van der Waals surface area (Å²) in [6.45, 7) is 4.94. The summed E-state index contributed by atoms with van der Waals surface area (Å²) >= 11 is 0. The summed E-state index contributed by atoms with van der Waals surface area (Å²) < 4.78 is 39.6. The monoisotopic (exact) mass is 256 g/mol. The molecule has 1 N–H and O–H groups in total. The zero-order valence-electron chi connectivity index (χ0n) is 10.1. The van der Waals surface area contributed by atoms with E-state index >= 15 is 0 Å². The van der Waals surface area contributed by atoms with Gasteiger partial charge in [-0.1, -0.05) is 0 Å². The van der Waals surface area contributed by atoms with E-state index in [0.29, 0.717) is 6.07 Å². The van der Waals surface area contributed by atoms with E-state index < -0.39 is 40.0 Å². The van der Waals surface area contributed by atoms with Crippen molar-refractivity contribution in [2.75, 3.05) is 0 Å². The molecule has 0 aromatic heterocycles. The molecule has 3 nitrogen and oxygen atoms in total. The summed E-state index contributed by atoms with van der Waals surface area (Å²) in [7, 11) is 0. The summed E-state index contributed by atoms with van der Waals surface area (Å²) in [6.07, 6.45) is 0. The van der Waals surface area contributed by atoms with Crippen LogP contribution in [0, 0.1) is 28.8 Å². The third kappa shape index (κ3) is 2.80. The number of nitrogens with one attached hydrogen (secondary N) is 1. The maximum Gasteiger partial charge on any atom is 0.254 e. The standard InChI is InChI=1S/C12H11F3N2O/c1-12(2,3)17-11(18)7-4-6(5-16)8(13)10(15)9(7)14/h4H,1-3H3,(H,17,18). The van der Waals surface area contributed by atoms with Crippen LogP contribution >= 0.6 is 0 Å². The predicted octanol–water partition coefficient (Wildman–Crippen LogP) is 2.50. The van der Waals surface area contributed by atoms with Gasteiger partial charge in [-0.05, 0) is 26.8 Å². The van der Waals surface area contributed by atoms with Crippen molar-refractivity contribution in [2.45, 2.75) is 26.3 Å². The molecular weight excluding hydrogens is 245 g/mol. The van der Waals surface area contributed by atoms with E-state index in [2.05, 4.69) is 5.32 Å². The molecule has 1 amide bonds. The van der Waals surface area contributed by atoms with E-state index in [9.17, 15) is 18.0 Å². The molecule has 1 rings (SSSR count). The number of hydrogen-bond acceptors (Lipinski definition) is 2. The SMILES string of the molecule is CC(C)(C)NC(=O)c1cc(C#N)c(F)c(F)c1F. The maximum absolute atomic E-state index is 13.4. The molecule has 0 aliphatic heterocycles. The molecule has 0 aliphatic carbocycles. The Balaban J connectivity index is 3.31. The molecule has 1 aromatic carbocycles. The summed E-state index contributed by atoms with van der Waals surface area (Å²) in [6, 6.07) is 2.05. The van der Waals surface area contributed by atoms with Gasteiger partial charge in [0.25, 0.3) is 5.91 Å². The summed E-state index contributed by atoms with van der Waals surface area (Å²) in [5.41, 5.74) is -2.07. The fourth-order valence-electron chi connectivity index (χ4n) is 1.26. The lowest BCUT2D eigenvalue weighted by molar-refractivity contribution is 0.0914. The largest absolute Gasteiger partial charge is 0.347 e. The van der Waals surface area contributed by atoms with Crippen LogP contribution in [-0.4, -0.2) is 11.4 Å². The number of amides is 1. The first-order valence-corrected chi connectivity index (χ1v) is 5.07. The average molecular weight is 256 g/mol. The second kappa shape index (κ2) is 4.69. The number of hydrogen-bond donors (Lipinski definition) is 1. The molecule has 96 valence electrons. The van der Waals surface area contributed by atoms with Gasteiger partial charge in [-0.15, -0.1) is 0 Å². The maximum atomic E-state index is 13.4. The lowest BCUT2D eigenvalue weighted by Crippen LogP contribution is -2.41. The number of nitriles is 1. The van der Waals surface area contributed by atoms with Gasteiger partial charge < -0.3 is 5.32 Å². The van der Waals surface area contributed by atoms with Gasteiger partial charge in [-0.25, -0.2) is 13.2 Å². The Hall–Kier alpha value is -2.03. The number of halogens is 3. The van der Waals surface area contributed by atoms with Crippen LogP contribution in [0.5, 0.6) is 0 Å². The number of carbonyl (C=O) groups excluding carboxylic acids is 1. The van der Waals surface area contributed by atoms with Crippen molar-refractivity contribution < 1.29 is 18.0 Å². The van der Waals surface area contributed by atoms with Crippen LogP contribution in [-0.2, 0) is 0 Å². The van der Waals surface area contributed by atoms with Gasteiger partial charge in [0.15, 0.2) is 17.5 Å². The van der Waals surface area contributed by atoms with Crippen LogP contribution in [0.2, 0.25) is 0 Å². The highest BCUT2D eigenvalue weighted by molar-refractivity contribution is 5.95. The van der Waals surface area contributed by atoms with Crippen molar-refractivity contribution in [2.24, 2.45) is 0 Å². The highest BCUT2D eigenvalue weighted by atomic mass is 19.2. The molecule has 0 heterocycles. The van der Waals surface area contributed by atoms with E-state index in [0.717, 1.165) is 0 Å². The first-order chi connectivity index (χ1) is 8.17. The van der Waals surface area contributed by atoms with Gasteiger partial charge in [0, 0.05) is 5.54 Å². The summed E-state index contributed by atoms with van der Waals surface area (Å²) in [5.74, 6) is -5.93. The van der Waals surface area contributed by atoms with E-state index in [-0.39, 0.29) is 0 Å². The molecule has 6 heteroatoms. The van der Waals surface area contributed by atoms with Gasteiger partial charge in [0.1, 0.15) is 6.07 Å². The van der Waals surface area contributed by atoms with E-state index in [1.807, 2.05) is 0 Å². The number of rotatable bonds is 1. The summed E-state index contributed by atoms with van der Waals surface area (Å²) in [5, 5.41) is 11.0. The van der Waals surface area contributed by atoms with Crippen molar-refractivity contribution in [3.05, 3.63) is 34.6 Å². The van der Waals surface area contributed by atoms with Crippen molar-refractivity contribution in [1.82, 2.24) is 5.32 Å². The van der Waals surface area contributed by atoms with Crippen LogP contribution in [0.1, 0.15) is 36.7 Å².